The standard InChI is InChI=1S/C27H39N3O4S/c1-7-24(27(32)28-17-20(2)3)29(18-22-13-9-8-10-14-22)26(31)19-30(35(6,33)34)25-16-12-11-15-23(25)21(4)5/h8-16,20-21,24H,7,17-19H2,1-6H3,(H,28,32). The molecular formula is C27H39N3O4S. The van der Waals surface area contributed by atoms with Crippen molar-refractivity contribution >= 4 is 27.5 Å². The van der Waals surface area contributed by atoms with Gasteiger partial charge in [0.2, 0.25) is 21.8 Å². The van der Waals surface area contributed by atoms with Gasteiger partial charge in [-0.15, -0.1) is 0 Å². The summed E-state index contributed by atoms with van der Waals surface area (Å²) in [6.45, 7) is 10.1. The summed E-state index contributed by atoms with van der Waals surface area (Å²) in [6.07, 6.45) is 1.51. The predicted octanol–water partition coefficient (Wildman–Crippen LogP) is 4.16. The third kappa shape index (κ3) is 8.09. The number of hydrogen-bond acceptors (Lipinski definition) is 4. The fourth-order valence-corrected chi connectivity index (χ4v) is 4.79. The molecule has 0 saturated heterocycles. The van der Waals surface area contributed by atoms with Gasteiger partial charge in [-0.2, -0.15) is 0 Å². The zero-order valence-corrected chi connectivity index (χ0v) is 22.5. The molecule has 0 aliphatic carbocycles. The van der Waals surface area contributed by atoms with Gasteiger partial charge in [-0.1, -0.05) is 83.1 Å². The highest BCUT2D eigenvalue weighted by molar-refractivity contribution is 7.92. The number of carbonyl (C=O) groups excluding carboxylic acids is 2. The van der Waals surface area contributed by atoms with E-state index in [1.165, 1.54) is 4.90 Å². The van der Waals surface area contributed by atoms with Crippen LogP contribution in [0.2, 0.25) is 0 Å². The molecule has 0 radical (unpaired) electrons. The lowest BCUT2D eigenvalue weighted by molar-refractivity contribution is -0.140. The summed E-state index contributed by atoms with van der Waals surface area (Å²) in [4.78, 5) is 28.3. The van der Waals surface area contributed by atoms with E-state index >= 15 is 0 Å². The van der Waals surface area contributed by atoms with Crippen LogP contribution >= 0.6 is 0 Å². The molecule has 0 aliphatic heterocycles. The zero-order chi connectivity index (χ0) is 26.2. The smallest absolute Gasteiger partial charge is 0.244 e. The van der Waals surface area contributed by atoms with Crippen LogP contribution < -0.4 is 9.62 Å². The van der Waals surface area contributed by atoms with Crippen LogP contribution in [-0.2, 0) is 26.2 Å². The maximum absolute atomic E-state index is 13.7. The van der Waals surface area contributed by atoms with E-state index in [1.54, 1.807) is 12.1 Å². The first kappa shape index (κ1) is 28.4. The van der Waals surface area contributed by atoms with Crippen molar-refractivity contribution in [1.82, 2.24) is 10.2 Å². The van der Waals surface area contributed by atoms with E-state index in [1.807, 2.05) is 77.1 Å². The SMILES string of the molecule is CCC(C(=O)NCC(C)C)N(Cc1ccccc1)C(=O)CN(c1ccccc1C(C)C)S(C)(=O)=O. The lowest BCUT2D eigenvalue weighted by Crippen LogP contribution is -2.52. The van der Waals surface area contributed by atoms with Crippen molar-refractivity contribution in [1.29, 1.82) is 0 Å². The molecule has 2 aromatic carbocycles. The normalized spacial score (nSPS) is 12.5. The topological polar surface area (TPSA) is 86.8 Å². The average Bonchev–Trinajstić information content (AvgIpc) is 2.80. The lowest BCUT2D eigenvalue weighted by atomic mass is 10.0. The Labute approximate surface area is 210 Å². The lowest BCUT2D eigenvalue weighted by Gasteiger charge is -2.33. The maximum Gasteiger partial charge on any atom is 0.244 e. The molecule has 0 heterocycles. The highest BCUT2D eigenvalue weighted by Crippen LogP contribution is 2.29. The zero-order valence-electron chi connectivity index (χ0n) is 21.7. The van der Waals surface area contributed by atoms with Crippen LogP contribution in [-0.4, -0.2) is 50.5 Å². The van der Waals surface area contributed by atoms with Crippen molar-refractivity contribution in [3.05, 3.63) is 65.7 Å². The van der Waals surface area contributed by atoms with Gasteiger partial charge in [-0.05, 0) is 35.4 Å². The van der Waals surface area contributed by atoms with Crippen molar-refractivity contribution in [2.45, 2.75) is 59.5 Å². The molecule has 192 valence electrons. The first-order valence-corrected chi connectivity index (χ1v) is 14.0. The summed E-state index contributed by atoms with van der Waals surface area (Å²) in [5, 5.41) is 2.93. The van der Waals surface area contributed by atoms with Gasteiger partial charge in [0.05, 0.1) is 11.9 Å². The fraction of sp³-hybridized carbons (Fsp3) is 0.481. The molecule has 1 unspecified atom stereocenters. The Morgan fingerprint density at radius 2 is 1.54 bits per heavy atom. The van der Waals surface area contributed by atoms with Crippen LogP contribution in [0.15, 0.2) is 54.6 Å². The molecule has 1 N–H and O–H groups in total. The second-order valence-electron chi connectivity index (χ2n) is 9.55. The Morgan fingerprint density at radius 3 is 2.09 bits per heavy atom. The van der Waals surface area contributed by atoms with E-state index < -0.39 is 22.0 Å². The van der Waals surface area contributed by atoms with E-state index in [4.69, 9.17) is 0 Å². The summed E-state index contributed by atoms with van der Waals surface area (Å²) in [5.74, 6) is -0.331. The number of amides is 2. The molecule has 0 saturated carbocycles. The van der Waals surface area contributed by atoms with Crippen LogP contribution in [0.3, 0.4) is 0 Å². The van der Waals surface area contributed by atoms with Crippen molar-refractivity contribution in [2.75, 3.05) is 23.7 Å². The molecule has 0 bridgehead atoms. The number of rotatable bonds is 12. The van der Waals surface area contributed by atoms with Crippen LogP contribution in [0.5, 0.6) is 0 Å². The van der Waals surface area contributed by atoms with E-state index in [-0.39, 0.29) is 30.8 Å². The fourth-order valence-electron chi connectivity index (χ4n) is 3.92. The Bertz CT molecular complexity index is 1080. The van der Waals surface area contributed by atoms with Crippen LogP contribution in [0.25, 0.3) is 0 Å². The minimum atomic E-state index is -3.76. The number of carbonyl (C=O) groups is 2. The quantitative estimate of drug-likeness (QED) is 0.473. The summed E-state index contributed by atoms with van der Waals surface area (Å²) >= 11 is 0. The number of nitrogens with one attached hydrogen (secondary N) is 1. The minimum Gasteiger partial charge on any atom is -0.354 e. The molecule has 0 aromatic heterocycles. The van der Waals surface area contributed by atoms with Crippen molar-refractivity contribution < 1.29 is 18.0 Å². The predicted molar refractivity (Wildman–Crippen MR) is 142 cm³/mol. The van der Waals surface area contributed by atoms with E-state index in [0.29, 0.717) is 18.7 Å². The molecular weight excluding hydrogens is 462 g/mol. The van der Waals surface area contributed by atoms with Crippen molar-refractivity contribution in [2.24, 2.45) is 5.92 Å². The summed E-state index contributed by atoms with van der Waals surface area (Å²) in [7, 11) is -3.76. The molecule has 1 atom stereocenters. The third-order valence-corrected chi connectivity index (χ3v) is 6.90. The number of para-hydroxylation sites is 1. The molecule has 2 amide bonds. The largest absolute Gasteiger partial charge is 0.354 e. The monoisotopic (exact) mass is 501 g/mol. The van der Waals surface area contributed by atoms with Gasteiger partial charge in [0, 0.05) is 13.1 Å². The highest BCUT2D eigenvalue weighted by atomic mass is 32.2. The van der Waals surface area contributed by atoms with Gasteiger partial charge in [0.15, 0.2) is 0 Å². The summed E-state index contributed by atoms with van der Waals surface area (Å²) in [6, 6.07) is 15.9. The number of nitrogens with zero attached hydrogens (tertiary/aromatic N) is 2. The van der Waals surface area contributed by atoms with Crippen LogP contribution in [0, 0.1) is 5.92 Å². The van der Waals surface area contributed by atoms with Gasteiger partial charge >= 0.3 is 0 Å². The Kier molecular flexibility index (Phi) is 10.3. The molecule has 35 heavy (non-hydrogen) atoms. The van der Waals surface area contributed by atoms with Gasteiger partial charge < -0.3 is 10.2 Å². The molecule has 8 heteroatoms. The highest BCUT2D eigenvalue weighted by Gasteiger charge is 2.32. The number of sulfonamides is 1. The van der Waals surface area contributed by atoms with Crippen molar-refractivity contribution in [3.63, 3.8) is 0 Å². The van der Waals surface area contributed by atoms with E-state index in [9.17, 15) is 18.0 Å². The summed E-state index contributed by atoms with van der Waals surface area (Å²) < 4.78 is 26.9. The van der Waals surface area contributed by atoms with E-state index in [2.05, 4.69) is 5.32 Å². The summed E-state index contributed by atoms with van der Waals surface area (Å²) in [5.41, 5.74) is 2.18. The van der Waals surface area contributed by atoms with Crippen molar-refractivity contribution in [3.8, 4) is 0 Å². The molecule has 0 spiro atoms. The second kappa shape index (κ2) is 12.7. The molecule has 7 nitrogen and oxygen atoms in total. The van der Waals surface area contributed by atoms with Gasteiger partial charge in [0.25, 0.3) is 0 Å². The number of benzene rings is 2. The van der Waals surface area contributed by atoms with Crippen LogP contribution in [0.4, 0.5) is 5.69 Å². The second-order valence-corrected chi connectivity index (χ2v) is 11.5. The van der Waals surface area contributed by atoms with Crippen LogP contribution in [0.1, 0.15) is 58.1 Å². The Hall–Kier alpha value is -2.87. The Morgan fingerprint density at radius 1 is 0.943 bits per heavy atom. The molecule has 0 fully saturated rings. The molecule has 0 aliphatic rings. The first-order chi connectivity index (χ1) is 16.5. The first-order valence-electron chi connectivity index (χ1n) is 12.1. The van der Waals surface area contributed by atoms with E-state index in [0.717, 1.165) is 21.7 Å². The minimum absolute atomic E-state index is 0.0659. The third-order valence-electron chi connectivity index (χ3n) is 5.77. The Balaban J connectivity index is 2.46. The number of hydrogen-bond donors (Lipinski definition) is 1. The molecule has 2 aromatic rings. The number of anilines is 1. The van der Waals surface area contributed by atoms with Gasteiger partial charge in [-0.25, -0.2) is 8.42 Å². The van der Waals surface area contributed by atoms with Gasteiger partial charge in [0.1, 0.15) is 12.6 Å². The van der Waals surface area contributed by atoms with Gasteiger partial charge in [-0.3, -0.25) is 13.9 Å². The molecule has 2 rings (SSSR count). The average molecular weight is 502 g/mol. The maximum atomic E-state index is 13.7.